The van der Waals surface area contributed by atoms with E-state index in [0.717, 1.165) is 17.1 Å². The molecule has 1 aromatic heterocycles. The highest BCUT2D eigenvalue weighted by atomic mass is 35.5. The number of nitrogens with zero attached hydrogens (tertiary/aromatic N) is 1. The zero-order valence-corrected chi connectivity index (χ0v) is 16.8. The third-order valence-electron chi connectivity index (χ3n) is 3.39. The lowest BCUT2D eigenvalue weighted by molar-refractivity contribution is 0.0723. The van der Waals surface area contributed by atoms with Gasteiger partial charge in [0.1, 0.15) is 0 Å². The number of thioether (sulfide) groups is 2. The predicted octanol–water partition coefficient (Wildman–Crippen LogP) is 5.75. The summed E-state index contributed by atoms with van der Waals surface area (Å²) in [6.45, 7) is 0. The van der Waals surface area contributed by atoms with Crippen molar-refractivity contribution >= 4 is 64.3 Å². The zero-order valence-electron chi connectivity index (χ0n) is 12.9. The molecule has 0 spiro atoms. The second kappa shape index (κ2) is 8.27. The minimum Gasteiger partial charge on any atom is -0.493 e. The smallest absolute Gasteiger partial charge is 0.364 e. The van der Waals surface area contributed by atoms with Crippen molar-refractivity contribution < 1.29 is 14.3 Å². The predicted molar refractivity (Wildman–Crippen MR) is 105 cm³/mol. The minimum atomic E-state index is -0.737. The number of esters is 1. The topological polar surface area (TPSA) is 48.4 Å². The second-order valence-corrected chi connectivity index (χ2v) is 8.84. The van der Waals surface area contributed by atoms with Crippen LogP contribution in [0.4, 0.5) is 0 Å². The van der Waals surface area contributed by atoms with Crippen LogP contribution < -0.4 is 9.47 Å². The first kappa shape index (κ1) is 19.0. The Morgan fingerprint density at radius 2 is 1.88 bits per heavy atom. The number of carbonyl (C=O) groups excluding carboxylic acids is 1. The van der Waals surface area contributed by atoms with E-state index in [9.17, 15) is 4.79 Å². The zero-order chi connectivity index (χ0) is 18.0. The first-order valence-electron chi connectivity index (χ1n) is 7.14. The number of benzene rings is 1. The maximum absolute atomic E-state index is 12.4. The van der Waals surface area contributed by atoms with Gasteiger partial charge in [-0.1, -0.05) is 40.9 Å². The molecule has 0 amide bonds. The molecule has 1 aliphatic heterocycles. The lowest BCUT2D eigenvalue weighted by Crippen LogP contribution is -2.12. The summed E-state index contributed by atoms with van der Waals surface area (Å²) in [6, 6.07) is 5.50. The van der Waals surface area contributed by atoms with Crippen molar-refractivity contribution in [1.82, 2.24) is 4.98 Å². The molecule has 1 aliphatic rings. The molecule has 25 heavy (non-hydrogen) atoms. The van der Waals surface area contributed by atoms with Crippen LogP contribution in [0.2, 0.25) is 15.1 Å². The van der Waals surface area contributed by atoms with Gasteiger partial charge in [0.05, 0.1) is 26.8 Å². The molecule has 3 rings (SSSR count). The molecule has 1 saturated heterocycles. The standard InChI is InChI=1S/C16H12Cl3NO3S2/c1-22-11-6-8(16-24-4-5-25-16)2-3-10(11)23-15(21)14-13(19)12(18)9(17)7-20-14/h2-3,6-7,16H,4-5H2,1H3. The third kappa shape index (κ3) is 4.14. The first-order valence-corrected chi connectivity index (χ1v) is 10.4. The highest BCUT2D eigenvalue weighted by Gasteiger charge is 2.23. The Bertz CT molecular complexity index is 813. The normalized spacial score (nSPS) is 14.6. The lowest BCUT2D eigenvalue weighted by Gasteiger charge is -2.14. The molecule has 4 nitrogen and oxygen atoms in total. The van der Waals surface area contributed by atoms with Crippen molar-refractivity contribution in [2.75, 3.05) is 18.6 Å². The fourth-order valence-corrected chi connectivity index (χ4v) is 5.60. The van der Waals surface area contributed by atoms with Gasteiger partial charge in [-0.3, -0.25) is 0 Å². The van der Waals surface area contributed by atoms with Gasteiger partial charge < -0.3 is 9.47 Å². The fourth-order valence-electron chi connectivity index (χ4n) is 2.20. The van der Waals surface area contributed by atoms with Crippen LogP contribution in [-0.2, 0) is 0 Å². The van der Waals surface area contributed by atoms with Crippen LogP contribution in [0.3, 0.4) is 0 Å². The van der Waals surface area contributed by atoms with E-state index in [1.807, 2.05) is 35.7 Å². The number of aromatic nitrogens is 1. The monoisotopic (exact) mass is 435 g/mol. The summed E-state index contributed by atoms with van der Waals surface area (Å²) in [5, 5.41) is 0.174. The number of methoxy groups -OCH3 is 1. The third-order valence-corrected chi connectivity index (χ3v) is 7.74. The van der Waals surface area contributed by atoms with Crippen LogP contribution >= 0.6 is 58.3 Å². The molecule has 0 radical (unpaired) electrons. The first-order chi connectivity index (χ1) is 12.0. The molecular formula is C16H12Cl3NO3S2. The van der Waals surface area contributed by atoms with E-state index in [4.69, 9.17) is 44.3 Å². The summed E-state index contributed by atoms with van der Waals surface area (Å²) in [6.07, 6.45) is 1.25. The Labute approximate surface area is 168 Å². The Hall–Kier alpha value is -0.790. The van der Waals surface area contributed by atoms with Gasteiger partial charge in [-0.25, -0.2) is 9.78 Å². The minimum absolute atomic E-state index is 0.0477. The summed E-state index contributed by atoms with van der Waals surface area (Å²) < 4.78 is 11.1. The summed E-state index contributed by atoms with van der Waals surface area (Å²) >= 11 is 21.6. The van der Waals surface area contributed by atoms with Crippen LogP contribution in [0.15, 0.2) is 24.4 Å². The van der Waals surface area contributed by atoms with Gasteiger partial charge in [-0.15, -0.1) is 23.5 Å². The number of carbonyl (C=O) groups is 1. The SMILES string of the molecule is COc1cc(C2SCCS2)ccc1OC(=O)c1ncc(Cl)c(Cl)c1Cl. The quantitative estimate of drug-likeness (QED) is 0.449. The summed E-state index contributed by atoms with van der Waals surface area (Å²) in [4.78, 5) is 16.3. The summed E-state index contributed by atoms with van der Waals surface area (Å²) in [7, 11) is 1.52. The van der Waals surface area contributed by atoms with E-state index in [0.29, 0.717) is 10.3 Å². The van der Waals surface area contributed by atoms with Crippen molar-refractivity contribution in [1.29, 1.82) is 0 Å². The van der Waals surface area contributed by atoms with Crippen LogP contribution in [-0.4, -0.2) is 29.6 Å². The largest absolute Gasteiger partial charge is 0.493 e. The molecule has 132 valence electrons. The number of pyridine rings is 1. The Kier molecular flexibility index (Phi) is 6.28. The van der Waals surface area contributed by atoms with Gasteiger partial charge in [0.25, 0.3) is 0 Å². The second-order valence-electron chi connectivity index (χ2n) is 4.96. The van der Waals surface area contributed by atoms with E-state index in [1.54, 1.807) is 6.07 Å². The molecule has 0 atom stereocenters. The number of hydrogen-bond acceptors (Lipinski definition) is 6. The number of hydrogen-bond donors (Lipinski definition) is 0. The van der Waals surface area contributed by atoms with E-state index in [-0.39, 0.29) is 26.5 Å². The molecule has 9 heteroatoms. The molecule has 0 N–H and O–H groups in total. The van der Waals surface area contributed by atoms with Gasteiger partial charge in [-0.05, 0) is 17.7 Å². The Balaban J connectivity index is 1.84. The fraction of sp³-hybridized carbons (Fsp3) is 0.250. The summed E-state index contributed by atoms with van der Waals surface area (Å²) in [5.74, 6) is 2.26. The van der Waals surface area contributed by atoms with Crippen molar-refractivity contribution in [2.45, 2.75) is 4.58 Å². The molecule has 2 heterocycles. The molecule has 0 bridgehead atoms. The van der Waals surface area contributed by atoms with E-state index in [2.05, 4.69) is 4.98 Å². The number of rotatable bonds is 4. The van der Waals surface area contributed by atoms with Gasteiger partial charge in [0, 0.05) is 17.7 Å². The van der Waals surface area contributed by atoms with Crippen molar-refractivity contribution in [2.24, 2.45) is 0 Å². The maximum atomic E-state index is 12.4. The van der Waals surface area contributed by atoms with Gasteiger partial charge in [0.2, 0.25) is 0 Å². The van der Waals surface area contributed by atoms with Crippen LogP contribution in [0.25, 0.3) is 0 Å². The molecule has 1 aromatic carbocycles. The van der Waals surface area contributed by atoms with Gasteiger partial charge >= 0.3 is 5.97 Å². The maximum Gasteiger partial charge on any atom is 0.364 e. The average molecular weight is 437 g/mol. The van der Waals surface area contributed by atoms with Crippen molar-refractivity contribution in [3.05, 3.63) is 50.7 Å². The molecule has 0 saturated carbocycles. The molecule has 0 unspecified atom stereocenters. The van der Waals surface area contributed by atoms with Crippen LogP contribution in [0.1, 0.15) is 20.6 Å². The van der Waals surface area contributed by atoms with Gasteiger partial charge in [0.15, 0.2) is 17.2 Å². The van der Waals surface area contributed by atoms with Crippen molar-refractivity contribution in [3.63, 3.8) is 0 Å². The average Bonchev–Trinajstić information content (AvgIpc) is 3.14. The number of halogens is 3. The molecule has 2 aromatic rings. The molecule has 0 aliphatic carbocycles. The Morgan fingerprint density at radius 3 is 2.56 bits per heavy atom. The number of ether oxygens (including phenoxy) is 2. The van der Waals surface area contributed by atoms with Gasteiger partial charge in [-0.2, -0.15) is 0 Å². The van der Waals surface area contributed by atoms with E-state index in [1.165, 1.54) is 13.3 Å². The van der Waals surface area contributed by atoms with E-state index >= 15 is 0 Å². The van der Waals surface area contributed by atoms with Crippen molar-refractivity contribution in [3.8, 4) is 11.5 Å². The molecule has 1 fully saturated rings. The Morgan fingerprint density at radius 1 is 1.16 bits per heavy atom. The summed E-state index contributed by atoms with van der Waals surface area (Å²) in [5.41, 5.74) is 1.01. The van der Waals surface area contributed by atoms with Crippen LogP contribution in [0, 0.1) is 0 Å². The van der Waals surface area contributed by atoms with Crippen LogP contribution in [0.5, 0.6) is 11.5 Å². The highest BCUT2D eigenvalue weighted by molar-refractivity contribution is 8.19. The van der Waals surface area contributed by atoms with E-state index < -0.39 is 5.97 Å². The lowest BCUT2D eigenvalue weighted by atomic mass is 10.2. The highest BCUT2D eigenvalue weighted by Crippen LogP contribution is 2.47. The molecular weight excluding hydrogens is 425 g/mol.